The minimum Gasteiger partial charge on any atom is -0.858 e. The lowest BCUT2D eigenvalue weighted by Crippen LogP contribution is -2.19. The fourth-order valence-corrected chi connectivity index (χ4v) is 2.59. The number of rotatable bonds is 2. The number of aromatic amines is 1. The molecule has 0 aliphatic heterocycles. The van der Waals surface area contributed by atoms with Gasteiger partial charge in [0, 0.05) is 10.9 Å². The third kappa shape index (κ3) is 3.16. The maximum atomic E-state index is 13.0. The van der Waals surface area contributed by atoms with E-state index in [1.54, 1.807) is 24.3 Å². The average molecular weight is 347 g/mol. The van der Waals surface area contributed by atoms with E-state index in [9.17, 15) is 18.3 Å². The zero-order valence-corrected chi connectivity index (χ0v) is 12.9. The Labute approximate surface area is 140 Å². The summed E-state index contributed by atoms with van der Waals surface area (Å²) in [5, 5.41) is 13.0. The van der Waals surface area contributed by atoms with E-state index < -0.39 is 23.3 Å². The molecule has 0 aliphatic rings. The zero-order valence-electron chi connectivity index (χ0n) is 12.1. The Balaban J connectivity index is 2.19. The van der Waals surface area contributed by atoms with Crippen LogP contribution in [0.5, 0.6) is 0 Å². The molecule has 24 heavy (non-hydrogen) atoms. The predicted octanol–water partition coefficient (Wildman–Crippen LogP) is 4.35. The summed E-state index contributed by atoms with van der Waals surface area (Å²) >= 11 is 5.07. The number of aliphatic imine (C=N–C) groups is 1. The molecule has 0 saturated heterocycles. The number of pyridine rings is 1. The first-order valence-corrected chi connectivity index (χ1v) is 7.31. The Morgan fingerprint density at radius 3 is 2.46 bits per heavy atom. The summed E-state index contributed by atoms with van der Waals surface area (Å²) in [6.45, 7) is 0. The molecule has 7 heteroatoms. The summed E-state index contributed by atoms with van der Waals surface area (Å²) in [4.78, 5) is 6.59. The second-order valence-electron chi connectivity index (χ2n) is 5.02. The van der Waals surface area contributed by atoms with Gasteiger partial charge in [-0.3, -0.25) is 4.99 Å². The van der Waals surface area contributed by atoms with Crippen LogP contribution in [0.4, 0.5) is 18.9 Å². The molecule has 0 saturated carbocycles. The lowest BCUT2D eigenvalue weighted by atomic mass is 10.1. The summed E-state index contributed by atoms with van der Waals surface area (Å²) in [6.07, 6.45) is -4.59. The quantitative estimate of drug-likeness (QED) is 0.425. The number of hydrogen-bond donors (Lipinski definition) is 1. The number of aromatic nitrogens is 1. The molecule has 0 fully saturated rings. The van der Waals surface area contributed by atoms with Crippen molar-refractivity contribution >= 4 is 34.7 Å². The molecule has 0 radical (unpaired) electrons. The second-order valence-corrected chi connectivity index (χ2v) is 5.46. The first-order chi connectivity index (χ1) is 11.4. The Bertz CT molecular complexity index is 993. The number of hydrogen-bond acceptors (Lipinski definition) is 3. The first kappa shape index (κ1) is 16.2. The standard InChI is InChI=1S/C17H11F3N2OS/c18-17(19,20)12-6-2-4-8-14(12)22-16(23)11-9-15(24)21-13-7-3-1-5-10(11)13/h1-9H,(H,21,24)(H,22,23)/p-1. The Morgan fingerprint density at radius 1 is 1.04 bits per heavy atom. The normalized spacial score (nSPS) is 12.5. The van der Waals surface area contributed by atoms with Crippen LogP contribution in [0.1, 0.15) is 11.1 Å². The van der Waals surface area contributed by atoms with Crippen LogP contribution in [0.2, 0.25) is 0 Å². The Hall–Kier alpha value is -2.67. The van der Waals surface area contributed by atoms with Gasteiger partial charge in [-0.15, -0.1) is 0 Å². The van der Waals surface area contributed by atoms with Crippen molar-refractivity contribution in [2.75, 3.05) is 0 Å². The van der Waals surface area contributed by atoms with Gasteiger partial charge in [0.25, 0.3) is 0 Å². The molecule has 1 aromatic heterocycles. The molecule has 1 heterocycles. The van der Waals surface area contributed by atoms with Crippen LogP contribution in [0, 0.1) is 4.64 Å². The third-order valence-corrected chi connectivity index (χ3v) is 3.63. The zero-order chi connectivity index (χ0) is 17.3. The third-order valence-electron chi connectivity index (χ3n) is 3.41. The van der Waals surface area contributed by atoms with Crippen LogP contribution < -0.4 is 5.11 Å². The van der Waals surface area contributed by atoms with E-state index in [4.69, 9.17) is 12.2 Å². The van der Waals surface area contributed by atoms with Gasteiger partial charge in [-0.25, -0.2) is 0 Å². The highest BCUT2D eigenvalue weighted by Crippen LogP contribution is 2.36. The lowest BCUT2D eigenvalue weighted by molar-refractivity contribution is -0.212. The molecule has 0 spiro atoms. The van der Waals surface area contributed by atoms with Crippen molar-refractivity contribution in [1.29, 1.82) is 0 Å². The van der Waals surface area contributed by atoms with Crippen LogP contribution in [-0.4, -0.2) is 10.9 Å². The van der Waals surface area contributed by atoms with Crippen LogP contribution in [0.25, 0.3) is 10.9 Å². The van der Waals surface area contributed by atoms with Gasteiger partial charge in [0.05, 0.1) is 11.3 Å². The van der Waals surface area contributed by atoms with Gasteiger partial charge < -0.3 is 10.1 Å². The molecule has 3 aromatic rings. The molecule has 3 rings (SSSR count). The van der Waals surface area contributed by atoms with Crippen LogP contribution in [0.3, 0.4) is 0 Å². The molecular weight excluding hydrogens is 337 g/mol. The highest BCUT2D eigenvalue weighted by Gasteiger charge is 2.33. The summed E-state index contributed by atoms with van der Waals surface area (Å²) in [6, 6.07) is 13.0. The number of halogens is 3. The topological polar surface area (TPSA) is 51.2 Å². The highest BCUT2D eigenvalue weighted by atomic mass is 32.1. The number of para-hydroxylation sites is 2. The first-order valence-electron chi connectivity index (χ1n) is 6.90. The van der Waals surface area contributed by atoms with Crippen molar-refractivity contribution in [1.82, 2.24) is 4.98 Å². The van der Waals surface area contributed by atoms with E-state index >= 15 is 0 Å². The predicted molar refractivity (Wildman–Crippen MR) is 86.8 cm³/mol. The number of alkyl halides is 3. The molecule has 0 bridgehead atoms. The molecule has 0 amide bonds. The van der Waals surface area contributed by atoms with Crippen LogP contribution in [0.15, 0.2) is 59.6 Å². The largest absolute Gasteiger partial charge is 0.858 e. The van der Waals surface area contributed by atoms with Gasteiger partial charge in [0.2, 0.25) is 0 Å². The molecule has 1 N–H and O–H groups in total. The number of fused-ring (bicyclic) bond motifs is 1. The number of nitrogens with one attached hydrogen (secondary N) is 1. The molecule has 0 aliphatic carbocycles. The van der Waals surface area contributed by atoms with E-state index in [1.807, 2.05) is 0 Å². The van der Waals surface area contributed by atoms with E-state index in [0.717, 1.165) is 12.1 Å². The van der Waals surface area contributed by atoms with E-state index in [1.165, 1.54) is 18.2 Å². The Kier molecular flexibility index (Phi) is 4.11. The van der Waals surface area contributed by atoms with E-state index in [0.29, 0.717) is 15.5 Å². The van der Waals surface area contributed by atoms with Crippen molar-refractivity contribution in [3.05, 3.63) is 70.4 Å². The van der Waals surface area contributed by atoms with Gasteiger partial charge in [0.15, 0.2) is 0 Å². The van der Waals surface area contributed by atoms with Gasteiger partial charge in [-0.05, 0) is 35.7 Å². The SMILES string of the molecule is [O-]C(=Nc1ccccc1C(F)(F)F)c1cc(=S)[nH]c2ccccc12. The molecular formula is C17H10F3N2OS-. The second kappa shape index (κ2) is 6.09. The van der Waals surface area contributed by atoms with Crippen molar-refractivity contribution < 1.29 is 18.3 Å². The molecule has 0 unspecified atom stereocenters. The number of benzene rings is 2. The van der Waals surface area contributed by atoms with Gasteiger partial charge >= 0.3 is 6.18 Å². The van der Waals surface area contributed by atoms with E-state index in [-0.39, 0.29) is 5.56 Å². The number of H-pyrrole nitrogens is 1. The van der Waals surface area contributed by atoms with Gasteiger partial charge in [0.1, 0.15) is 4.64 Å². The van der Waals surface area contributed by atoms with Crippen LogP contribution in [-0.2, 0) is 6.18 Å². The van der Waals surface area contributed by atoms with Gasteiger partial charge in [-0.2, -0.15) is 13.2 Å². The fraction of sp³-hybridized carbons (Fsp3) is 0.0588. The summed E-state index contributed by atoms with van der Waals surface area (Å²) < 4.78 is 39.4. The molecule has 2 aromatic carbocycles. The summed E-state index contributed by atoms with van der Waals surface area (Å²) in [5.74, 6) is -0.775. The fourth-order valence-electron chi connectivity index (χ4n) is 2.36. The van der Waals surface area contributed by atoms with E-state index in [2.05, 4.69) is 9.98 Å². The van der Waals surface area contributed by atoms with Gasteiger partial charge in [-0.1, -0.05) is 42.5 Å². The smallest absolute Gasteiger partial charge is 0.418 e. The maximum absolute atomic E-state index is 13.0. The summed E-state index contributed by atoms with van der Waals surface area (Å²) in [7, 11) is 0. The van der Waals surface area contributed by atoms with Crippen molar-refractivity contribution in [2.24, 2.45) is 4.99 Å². The molecule has 122 valence electrons. The van der Waals surface area contributed by atoms with Crippen LogP contribution >= 0.6 is 12.2 Å². The highest BCUT2D eigenvalue weighted by molar-refractivity contribution is 7.71. The van der Waals surface area contributed by atoms with Crippen molar-refractivity contribution in [3.8, 4) is 0 Å². The maximum Gasteiger partial charge on any atom is 0.418 e. The average Bonchev–Trinajstić information content (AvgIpc) is 2.53. The minimum absolute atomic E-state index is 0.159. The minimum atomic E-state index is -4.59. The summed E-state index contributed by atoms with van der Waals surface area (Å²) in [5.41, 5.74) is -0.597. The molecule has 3 nitrogen and oxygen atoms in total. The molecule has 0 atom stereocenters. The Morgan fingerprint density at radius 2 is 1.71 bits per heavy atom. The lowest BCUT2D eigenvalue weighted by Gasteiger charge is -2.16. The number of nitrogens with zero attached hydrogens (tertiary/aromatic N) is 1. The van der Waals surface area contributed by atoms with Crippen molar-refractivity contribution in [3.63, 3.8) is 0 Å². The van der Waals surface area contributed by atoms with Crippen molar-refractivity contribution in [2.45, 2.75) is 6.18 Å². The monoisotopic (exact) mass is 347 g/mol.